The van der Waals surface area contributed by atoms with E-state index in [4.69, 9.17) is 6.15 Å². The molecule has 0 N–H and O–H groups in total. The van der Waals surface area contributed by atoms with E-state index in [1.807, 2.05) is 39.8 Å². The van der Waals surface area contributed by atoms with Crippen LogP contribution in [0.2, 0.25) is 8.87 Å². The average Bonchev–Trinajstić information content (AvgIpc) is 2.22. The van der Waals surface area contributed by atoms with Gasteiger partial charge in [-0.1, -0.05) is 0 Å². The summed E-state index contributed by atoms with van der Waals surface area (Å²) in [5.41, 5.74) is 2.25. The van der Waals surface area contributed by atoms with Crippen molar-refractivity contribution in [2.75, 3.05) is 0 Å². The molecule has 0 aromatic heterocycles. The molecule has 0 spiro atoms. The number of allylic oxidation sites excluding steroid dienone is 4. The molecule has 108 valence electrons. The molecule has 0 amide bonds. The van der Waals surface area contributed by atoms with E-state index in [9.17, 15) is 9.59 Å². The van der Waals surface area contributed by atoms with Gasteiger partial charge < -0.3 is 0 Å². The van der Waals surface area contributed by atoms with Crippen molar-refractivity contribution >= 4 is 31.1 Å². The third-order valence-corrected chi connectivity index (χ3v) is 10.8. The van der Waals surface area contributed by atoms with Crippen LogP contribution >= 0.6 is 0 Å². The Labute approximate surface area is 120 Å². The van der Waals surface area contributed by atoms with Crippen molar-refractivity contribution in [2.45, 2.75) is 50.4 Å². The third kappa shape index (κ3) is 8.86. The zero-order valence-electron chi connectivity index (χ0n) is 12.7. The maximum absolute atomic E-state index is 11.3. The summed E-state index contributed by atoms with van der Waals surface area (Å²) in [5, 5.41) is 0. The Balaban J connectivity index is 5.28. The van der Waals surface area contributed by atoms with Crippen LogP contribution in [-0.4, -0.2) is 31.1 Å². The van der Waals surface area contributed by atoms with Gasteiger partial charge in [0.1, 0.15) is 0 Å². The van der Waals surface area contributed by atoms with E-state index in [0.29, 0.717) is 8.87 Å². The summed E-state index contributed by atoms with van der Waals surface area (Å²) in [6, 6.07) is 0. The summed E-state index contributed by atoms with van der Waals surface area (Å²) < 4.78 is 12.1. The molecule has 0 atom stereocenters. The average molecular weight is 375 g/mol. The van der Waals surface area contributed by atoms with Gasteiger partial charge in [0, 0.05) is 0 Å². The first-order valence-electron chi connectivity index (χ1n) is 6.33. The van der Waals surface area contributed by atoms with Crippen molar-refractivity contribution in [1.82, 2.24) is 0 Å². The Kier molecular flexibility index (Phi) is 8.06. The number of rotatable bonds is 6. The van der Waals surface area contributed by atoms with Crippen LogP contribution in [0.4, 0.5) is 0 Å². The van der Waals surface area contributed by atoms with Crippen LogP contribution in [-0.2, 0) is 15.7 Å². The summed E-state index contributed by atoms with van der Waals surface area (Å²) in [6.07, 6.45) is 3.97. The predicted molar refractivity (Wildman–Crippen MR) is 77.8 cm³/mol. The molecule has 0 aromatic rings. The number of carbonyl (C=O) groups is 2. The van der Waals surface area contributed by atoms with Crippen LogP contribution in [0.15, 0.2) is 23.3 Å². The van der Waals surface area contributed by atoms with Crippen LogP contribution in [0.3, 0.4) is 0 Å². The fourth-order valence-electron chi connectivity index (χ4n) is 1.51. The van der Waals surface area contributed by atoms with Crippen LogP contribution in [0, 0.1) is 0 Å². The minimum atomic E-state index is -3.75. The van der Waals surface area contributed by atoms with Gasteiger partial charge in [0.05, 0.1) is 0 Å². The monoisotopic (exact) mass is 376 g/mol. The van der Waals surface area contributed by atoms with Gasteiger partial charge in [-0.2, -0.15) is 0 Å². The van der Waals surface area contributed by atoms with E-state index >= 15 is 0 Å². The van der Waals surface area contributed by atoms with E-state index in [1.54, 1.807) is 0 Å². The van der Waals surface area contributed by atoms with Gasteiger partial charge in [0.2, 0.25) is 0 Å². The normalized spacial score (nSPS) is 10.4. The first-order chi connectivity index (χ1) is 8.67. The van der Waals surface area contributed by atoms with E-state index in [2.05, 4.69) is 0 Å². The van der Waals surface area contributed by atoms with Crippen LogP contribution in [0.1, 0.15) is 41.5 Å². The Morgan fingerprint density at radius 2 is 1.11 bits per heavy atom. The predicted octanol–water partition coefficient (Wildman–Crippen LogP) is 3.49. The Morgan fingerprint density at radius 1 is 0.789 bits per heavy atom. The van der Waals surface area contributed by atoms with Gasteiger partial charge in [0.25, 0.3) is 0 Å². The maximum atomic E-state index is 11.3. The summed E-state index contributed by atoms with van der Waals surface area (Å²) >= 11 is -3.75. The Hall–Kier alpha value is -0.781. The molecule has 4 nitrogen and oxygen atoms in total. The van der Waals surface area contributed by atoms with Gasteiger partial charge in [0.15, 0.2) is 0 Å². The summed E-state index contributed by atoms with van der Waals surface area (Å²) in [4.78, 5) is 22.7. The van der Waals surface area contributed by atoms with E-state index in [-0.39, 0.29) is 11.9 Å². The summed E-state index contributed by atoms with van der Waals surface area (Å²) in [6.45, 7) is 10.6. The molecule has 0 aliphatic rings. The van der Waals surface area contributed by atoms with Gasteiger partial charge >= 0.3 is 121 Å². The summed E-state index contributed by atoms with van der Waals surface area (Å²) in [7, 11) is 0. The fraction of sp³-hybridized carbons (Fsp3) is 0.571. The summed E-state index contributed by atoms with van der Waals surface area (Å²) in [5.74, 6) is -0.747. The molecule has 0 radical (unpaired) electrons. The topological polar surface area (TPSA) is 52.6 Å². The molecule has 0 aliphatic carbocycles. The fourth-order valence-corrected chi connectivity index (χ4v) is 10.2. The molecule has 5 heteroatoms. The standard InChI is InChI=1S/2C5H9.2C2H4O2.Sn/c2*1-4-5(2)3;2*1-2(3)4;/h2*4H,1H2,2-3H3;2*1H3,(H,3,4);/q;;;;+2/p-2. The molecule has 0 unspecified atom stereocenters. The van der Waals surface area contributed by atoms with Gasteiger partial charge in [-0.3, -0.25) is 0 Å². The molecule has 0 saturated carbocycles. The number of carbonyl (C=O) groups excluding carboxylic acids is 2. The van der Waals surface area contributed by atoms with Crippen molar-refractivity contribution in [2.24, 2.45) is 0 Å². The Bertz CT molecular complexity index is 350. The molecule has 0 heterocycles. The number of hydrogen-bond donors (Lipinski definition) is 0. The van der Waals surface area contributed by atoms with Crippen molar-refractivity contribution in [3.05, 3.63) is 23.3 Å². The SMILES string of the molecule is CC(=O)[O][Sn]([CH2]C=C(C)C)([CH2]C=C(C)C)[O]C(C)=O. The quantitative estimate of drug-likeness (QED) is 0.527. The van der Waals surface area contributed by atoms with Crippen molar-refractivity contribution in [1.29, 1.82) is 0 Å². The molecule has 0 saturated heterocycles. The van der Waals surface area contributed by atoms with E-state index in [1.165, 1.54) is 13.8 Å². The molecular formula is C14H24O4Sn. The second-order valence-corrected chi connectivity index (χ2v) is 13.8. The van der Waals surface area contributed by atoms with Crippen molar-refractivity contribution in [3.63, 3.8) is 0 Å². The zero-order valence-corrected chi connectivity index (χ0v) is 15.6. The second kappa shape index (κ2) is 8.40. The van der Waals surface area contributed by atoms with E-state index in [0.717, 1.165) is 11.1 Å². The molecular weight excluding hydrogens is 351 g/mol. The molecule has 0 bridgehead atoms. The first-order valence-corrected chi connectivity index (χ1v) is 12.7. The van der Waals surface area contributed by atoms with Gasteiger partial charge in [-0.05, 0) is 0 Å². The van der Waals surface area contributed by atoms with Crippen molar-refractivity contribution < 1.29 is 15.7 Å². The molecule has 0 aliphatic heterocycles. The van der Waals surface area contributed by atoms with Crippen LogP contribution < -0.4 is 0 Å². The third-order valence-electron chi connectivity index (χ3n) is 2.30. The number of hydrogen-bond acceptors (Lipinski definition) is 4. The van der Waals surface area contributed by atoms with Gasteiger partial charge in [-0.15, -0.1) is 0 Å². The molecule has 0 fully saturated rings. The zero-order chi connectivity index (χ0) is 15.1. The molecule has 0 rings (SSSR count). The van der Waals surface area contributed by atoms with Gasteiger partial charge in [-0.25, -0.2) is 0 Å². The minimum absolute atomic E-state index is 0.374. The molecule has 0 aromatic carbocycles. The van der Waals surface area contributed by atoms with E-state index < -0.39 is 19.2 Å². The molecule has 19 heavy (non-hydrogen) atoms. The van der Waals surface area contributed by atoms with Crippen molar-refractivity contribution in [3.8, 4) is 0 Å². The second-order valence-electron chi connectivity index (χ2n) is 5.07. The van der Waals surface area contributed by atoms with Crippen LogP contribution in [0.5, 0.6) is 0 Å². The Morgan fingerprint density at radius 3 is 1.32 bits per heavy atom. The van der Waals surface area contributed by atoms with Crippen LogP contribution in [0.25, 0.3) is 0 Å². The first kappa shape index (κ1) is 18.2.